The third-order valence-electron chi connectivity index (χ3n) is 1.18. The Morgan fingerprint density at radius 3 is 2.82 bits per heavy atom. The van der Waals surface area contributed by atoms with Crippen LogP contribution in [-0.4, -0.2) is 19.4 Å². The Kier molecular flexibility index (Phi) is 2.47. The van der Waals surface area contributed by atoms with Crippen LogP contribution in [0.3, 0.4) is 0 Å². The van der Waals surface area contributed by atoms with E-state index in [-0.39, 0.29) is 16.0 Å². The van der Waals surface area contributed by atoms with Gasteiger partial charge in [0.15, 0.2) is 9.84 Å². The maximum atomic E-state index is 10.8. The van der Waals surface area contributed by atoms with Gasteiger partial charge in [0.2, 0.25) is 0 Å². The third-order valence-corrected chi connectivity index (χ3v) is 4.24. The molecule has 0 saturated heterocycles. The first-order chi connectivity index (χ1) is 5.05. The van der Waals surface area contributed by atoms with Gasteiger partial charge < -0.3 is 0 Å². The summed E-state index contributed by atoms with van der Waals surface area (Å²) in [7, 11) is -3.13. The van der Waals surface area contributed by atoms with E-state index in [1.54, 1.807) is 5.40 Å². The molecule has 0 radical (unpaired) electrons. The lowest BCUT2D eigenvalue weighted by Gasteiger charge is -1.99. The van der Waals surface area contributed by atoms with Gasteiger partial charge in [0.25, 0.3) is 0 Å². The van der Waals surface area contributed by atoms with Gasteiger partial charge in [0.1, 0.15) is 5.40 Å². The lowest BCUT2D eigenvalue weighted by molar-refractivity contribution is 0.606. The molecule has 0 aromatic heterocycles. The summed E-state index contributed by atoms with van der Waals surface area (Å²) in [5.74, 6) is -0.0515. The molecule has 0 aliphatic carbocycles. The number of nitrogens with zero attached hydrogens (tertiary/aromatic N) is 1. The van der Waals surface area contributed by atoms with Crippen molar-refractivity contribution in [2.45, 2.75) is 5.25 Å². The molecule has 0 spiro atoms. The van der Waals surface area contributed by atoms with Crippen LogP contribution >= 0.6 is 23.4 Å². The number of halogens is 1. The third kappa shape index (κ3) is 2.12. The van der Waals surface area contributed by atoms with E-state index in [2.05, 4.69) is 0 Å². The molecular formula is C5H4ClNO2S2. The first-order valence-corrected chi connectivity index (χ1v) is 5.67. The number of hydrogen-bond donors (Lipinski definition) is 0. The van der Waals surface area contributed by atoms with Crippen LogP contribution in [0.2, 0.25) is 0 Å². The van der Waals surface area contributed by atoms with Crippen LogP contribution in [0.1, 0.15) is 0 Å². The van der Waals surface area contributed by atoms with Crippen LogP contribution in [0.15, 0.2) is 10.4 Å². The van der Waals surface area contributed by atoms with Crippen LogP contribution in [0.5, 0.6) is 0 Å². The van der Waals surface area contributed by atoms with E-state index in [0.717, 1.165) is 17.2 Å². The lowest BCUT2D eigenvalue weighted by Crippen LogP contribution is -2.07. The Morgan fingerprint density at radius 1 is 1.82 bits per heavy atom. The standard InChI is InChI=1S/C5H4ClNO2S2/c6-4-1-11(8,9)2-5(4)10-3-7/h1,5H,2H2. The number of thiocyanates is 1. The van der Waals surface area contributed by atoms with Gasteiger partial charge in [-0.15, -0.1) is 0 Å². The number of hydrogen-bond acceptors (Lipinski definition) is 4. The largest absolute Gasteiger partial charge is 0.224 e. The molecule has 0 aromatic carbocycles. The van der Waals surface area contributed by atoms with E-state index in [4.69, 9.17) is 16.9 Å². The van der Waals surface area contributed by atoms with Crippen molar-refractivity contribution in [2.75, 3.05) is 5.75 Å². The van der Waals surface area contributed by atoms with Crippen molar-refractivity contribution in [3.63, 3.8) is 0 Å². The van der Waals surface area contributed by atoms with Gasteiger partial charge in [0, 0.05) is 10.4 Å². The number of sulfone groups is 1. The zero-order valence-electron chi connectivity index (χ0n) is 5.32. The maximum Gasteiger partial charge on any atom is 0.174 e. The molecule has 0 N–H and O–H groups in total. The molecule has 1 unspecified atom stereocenters. The predicted octanol–water partition coefficient (Wildman–Crippen LogP) is 1.08. The molecule has 6 heteroatoms. The molecular weight excluding hydrogens is 206 g/mol. The van der Waals surface area contributed by atoms with Crippen molar-refractivity contribution in [1.82, 2.24) is 0 Å². The summed E-state index contributed by atoms with van der Waals surface area (Å²) in [4.78, 5) is 0. The van der Waals surface area contributed by atoms with Crippen molar-refractivity contribution in [3.8, 4) is 5.40 Å². The summed E-state index contributed by atoms with van der Waals surface area (Å²) < 4.78 is 21.7. The highest BCUT2D eigenvalue weighted by atomic mass is 35.5. The van der Waals surface area contributed by atoms with Crippen molar-refractivity contribution in [2.24, 2.45) is 0 Å². The molecule has 0 bridgehead atoms. The average molecular weight is 210 g/mol. The van der Waals surface area contributed by atoms with Crippen LogP contribution in [0.25, 0.3) is 0 Å². The highest BCUT2D eigenvalue weighted by molar-refractivity contribution is 8.06. The minimum Gasteiger partial charge on any atom is -0.224 e. The molecule has 1 aliphatic heterocycles. The van der Waals surface area contributed by atoms with Crippen molar-refractivity contribution >= 4 is 33.2 Å². The topological polar surface area (TPSA) is 57.9 Å². The highest BCUT2D eigenvalue weighted by Crippen LogP contribution is 2.29. The van der Waals surface area contributed by atoms with Gasteiger partial charge in [-0.05, 0) is 11.8 Å². The van der Waals surface area contributed by atoms with E-state index in [1.165, 1.54) is 0 Å². The number of nitriles is 1. The second-order valence-electron chi connectivity index (χ2n) is 2.03. The van der Waals surface area contributed by atoms with Gasteiger partial charge in [-0.1, -0.05) is 11.6 Å². The van der Waals surface area contributed by atoms with E-state index >= 15 is 0 Å². The minimum absolute atomic E-state index is 0.0515. The quantitative estimate of drug-likeness (QED) is 0.607. The van der Waals surface area contributed by atoms with Crippen LogP contribution < -0.4 is 0 Å². The van der Waals surface area contributed by atoms with Crippen LogP contribution in [0, 0.1) is 10.7 Å². The Balaban J connectivity index is 2.83. The van der Waals surface area contributed by atoms with Gasteiger partial charge in [0.05, 0.1) is 11.0 Å². The maximum absolute atomic E-state index is 10.8. The normalized spacial score (nSPS) is 27.6. The fourth-order valence-corrected chi connectivity index (χ4v) is 3.89. The van der Waals surface area contributed by atoms with E-state index in [1.807, 2.05) is 0 Å². The monoisotopic (exact) mass is 209 g/mol. The lowest BCUT2D eigenvalue weighted by atomic mass is 10.5. The summed E-state index contributed by atoms with van der Waals surface area (Å²) in [6, 6.07) is 0. The zero-order chi connectivity index (χ0) is 8.48. The van der Waals surface area contributed by atoms with Crippen molar-refractivity contribution in [3.05, 3.63) is 10.4 Å². The molecule has 11 heavy (non-hydrogen) atoms. The Labute approximate surface area is 73.9 Å². The summed E-state index contributed by atoms with van der Waals surface area (Å²) >= 11 is 6.43. The first kappa shape index (κ1) is 8.91. The SMILES string of the molecule is N#CSC1CS(=O)(=O)C=C1Cl. The fourth-order valence-electron chi connectivity index (χ4n) is 0.740. The zero-order valence-corrected chi connectivity index (χ0v) is 7.71. The molecule has 1 atom stereocenters. The number of rotatable bonds is 1. The summed E-state index contributed by atoms with van der Waals surface area (Å²) in [5, 5.41) is 10.9. The van der Waals surface area contributed by atoms with E-state index in [9.17, 15) is 8.42 Å². The average Bonchev–Trinajstić information content (AvgIpc) is 2.07. The smallest absolute Gasteiger partial charge is 0.174 e. The molecule has 3 nitrogen and oxygen atoms in total. The molecule has 1 aliphatic rings. The van der Waals surface area contributed by atoms with Gasteiger partial charge in [-0.3, -0.25) is 0 Å². The molecule has 0 aromatic rings. The molecule has 60 valence electrons. The molecule has 0 fully saturated rings. The fraction of sp³-hybridized carbons (Fsp3) is 0.400. The predicted molar refractivity (Wildman–Crippen MR) is 44.7 cm³/mol. The van der Waals surface area contributed by atoms with Gasteiger partial charge in [-0.25, -0.2) is 8.42 Å². The van der Waals surface area contributed by atoms with Crippen molar-refractivity contribution in [1.29, 1.82) is 5.26 Å². The summed E-state index contributed by atoms with van der Waals surface area (Å²) in [5.41, 5.74) is 0. The Bertz CT molecular complexity index is 327. The van der Waals surface area contributed by atoms with Crippen LogP contribution in [0.4, 0.5) is 0 Å². The molecule has 1 rings (SSSR count). The van der Waals surface area contributed by atoms with E-state index in [0.29, 0.717) is 0 Å². The van der Waals surface area contributed by atoms with E-state index < -0.39 is 9.84 Å². The van der Waals surface area contributed by atoms with Gasteiger partial charge in [-0.2, -0.15) is 5.26 Å². The first-order valence-electron chi connectivity index (χ1n) is 2.70. The minimum atomic E-state index is -3.13. The molecule has 1 heterocycles. The second-order valence-corrected chi connectivity index (χ2v) is 5.35. The van der Waals surface area contributed by atoms with Crippen LogP contribution in [-0.2, 0) is 9.84 Å². The Hall–Kier alpha value is -0.180. The second kappa shape index (κ2) is 3.05. The summed E-state index contributed by atoms with van der Waals surface area (Å²) in [6.07, 6.45) is 0. The highest BCUT2D eigenvalue weighted by Gasteiger charge is 2.28. The van der Waals surface area contributed by atoms with Crippen molar-refractivity contribution < 1.29 is 8.42 Å². The summed E-state index contributed by atoms with van der Waals surface area (Å²) in [6.45, 7) is 0. The number of thioether (sulfide) groups is 1. The molecule has 0 saturated carbocycles. The Morgan fingerprint density at radius 2 is 2.45 bits per heavy atom. The van der Waals surface area contributed by atoms with Gasteiger partial charge >= 0.3 is 0 Å². The molecule has 0 amide bonds.